The van der Waals surface area contributed by atoms with Gasteiger partial charge < -0.3 is 9.46 Å². The minimum absolute atomic E-state index is 0.0751. The van der Waals surface area contributed by atoms with E-state index in [4.69, 9.17) is 0 Å². The van der Waals surface area contributed by atoms with Crippen LogP contribution in [0.5, 0.6) is 0 Å². The Kier molecular flexibility index (Phi) is 4.69. The minimum atomic E-state index is -2.66. The summed E-state index contributed by atoms with van der Waals surface area (Å²) in [4.78, 5) is 14.8. The molecule has 5 heteroatoms. The number of hydrogen-bond acceptors (Lipinski definition) is 2. The Morgan fingerprint density at radius 3 is 2.19 bits per heavy atom. The molecule has 2 aromatic carbocycles. The molecule has 0 saturated carbocycles. The van der Waals surface area contributed by atoms with Crippen molar-refractivity contribution in [1.82, 2.24) is 0 Å². The van der Waals surface area contributed by atoms with Gasteiger partial charge in [-0.3, -0.25) is 4.79 Å². The van der Waals surface area contributed by atoms with Crippen LogP contribution in [0.4, 0.5) is 5.69 Å². The van der Waals surface area contributed by atoms with E-state index < -0.39 is 7.14 Å². The first kappa shape index (κ1) is 19.6. The maximum absolute atomic E-state index is 13.8. The van der Waals surface area contributed by atoms with Gasteiger partial charge in [0.1, 0.15) is 7.14 Å². The second-order valence-corrected chi connectivity index (χ2v) is 13.4. The summed E-state index contributed by atoms with van der Waals surface area (Å²) in [6.45, 7) is 10.3. The molecule has 140 valence electrons. The first-order valence-corrected chi connectivity index (χ1v) is 11.7. The quantitative estimate of drug-likeness (QED) is 0.543. The van der Waals surface area contributed by atoms with E-state index in [0.717, 1.165) is 20.9 Å². The summed E-state index contributed by atoms with van der Waals surface area (Å²) in [5.41, 5.74) is 0.851. The third-order valence-corrected chi connectivity index (χ3v) is 12.8. The summed E-state index contributed by atoms with van der Waals surface area (Å²) >= 11 is 3.57. The van der Waals surface area contributed by atoms with Crippen molar-refractivity contribution in [3.63, 3.8) is 0 Å². The Morgan fingerprint density at radius 1 is 1.08 bits per heavy atom. The van der Waals surface area contributed by atoms with Crippen molar-refractivity contribution in [3.8, 4) is 0 Å². The lowest BCUT2D eigenvalue weighted by Gasteiger charge is -2.62. The predicted octanol–water partition coefficient (Wildman–Crippen LogP) is 6.14. The molecule has 3 rings (SSSR count). The topological polar surface area (TPSA) is 37.4 Å². The Morgan fingerprint density at radius 2 is 1.62 bits per heavy atom. The highest BCUT2D eigenvalue weighted by atomic mass is 79.9. The number of anilines is 1. The van der Waals surface area contributed by atoms with Crippen molar-refractivity contribution < 1.29 is 9.36 Å². The highest BCUT2D eigenvalue weighted by Crippen LogP contribution is 2.81. The molecule has 0 spiro atoms. The first-order valence-electron chi connectivity index (χ1n) is 8.98. The van der Waals surface area contributed by atoms with Gasteiger partial charge in [-0.15, -0.1) is 0 Å². The Balaban J connectivity index is 1.95. The molecule has 26 heavy (non-hydrogen) atoms. The van der Waals surface area contributed by atoms with Gasteiger partial charge in [0.05, 0.1) is 11.8 Å². The zero-order chi connectivity index (χ0) is 19.5. The van der Waals surface area contributed by atoms with Gasteiger partial charge in [0.25, 0.3) is 0 Å². The predicted molar refractivity (Wildman–Crippen MR) is 115 cm³/mol. The van der Waals surface area contributed by atoms with Crippen molar-refractivity contribution in [2.75, 3.05) is 18.1 Å². The number of carbonyl (C=O) groups excluding carboxylic acids is 1. The van der Waals surface area contributed by atoms with Crippen LogP contribution < -0.4 is 4.90 Å². The van der Waals surface area contributed by atoms with Crippen LogP contribution in [0.25, 0.3) is 10.8 Å². The van der Waals surface area contributed by atoms with Gasteiger partial charge in [-0.25, -0.2) is 0 Å². The second kappa shape index (κ2) is 6.21. The standard InChI is InChI=1S/C21H27BrNO2P/c1-14-20(2,3)26(25,21(14,4)5)13-19(24)23(6)18-12-11-17(22)15-9-7-8-10-16(15)18/h7-12,14H,13H2,1-6H3. The van der Waals surface area contributed by atoms with E-state index in [-0.39, 0.29) is 22.4 Å². The van der Waals surface area contributed by atoms with Crippen molar-refractivity contribution in [2.45, 2.75) is 44.9 Å². The largest absolute Gasteiger partial charge is 0.322 e. The van der Waals surface area contributed by atoms with Crippen LogP contribution in [-0.4, -0.2) is 29.4 Å². The van der Waals surface area contributed by atoms with Gasteiger partial charge in [0.2, 0.25) is 5.91 Å². The highest BCUT2D eigenvalue weighted by Gasteiger charge is 2.68. The average molecular weight is 436 g/mol. The Labute approximate surface area is 164 Å². The van der Waals surface area contributed by atoms with Crippen molar-refractivity contribution in [1.29, 1.82) is 0 Å². The molecule has 0 N–H and O–H groups in total. The molecule has 0 aliphatic carbocycles. The number of benzene rings is 2. The van der Waals surface area contributed by atoms with E-state index in [1.807, 2.05) is 64.1 Å². The number of carbonyl (C=O) groups is 1. The second-order valence-electron chi connectivity index (χ2n) is 8.49. The van der Waals surface area contributed by atoms with Crippen LogP contribution in [0.3, 0.4) is 0 Å². The maximum atomic E-state index is 13.8. The molecular formula is C21H27BrNO2P. The van der Waals surface area contributed by atoms with Gasteiger partial charge in [-0.1, -0.05) is 74.8 Å². The van der Waals surface area contributed by atoms with Crippen LogP contribution in [0.2, 0.25) is 0 Å². The molecule has 2 aromatic rings. The summed E-state index contributed by atoms with van der Waals surface area (Å²) in [6, 6.07) is 11.9. The highest BCUT2D eigenvalue weighted by molar-refractivity contribution is 9.10. The third kappa shape index (κ3) is 2.52. The first-order chi connectivity index (χ1) is 11.9. The van der Waals surface area contributed by atoms with E-state index in [2.05, 4.69) is 22.9 Å². The summed E-state index contributed by atoms with van der Waals surface area (Å²) in [7, 11) is -0.871. The molecule has 1 saturated heterocycles. The smallest absolute Gasteiger partial charge is 0.234 e. The molecule has 3 nitrogen and oxygen atoms in total. The van der Waals surface area contributed by atoms with Crippen LogP contribution in [-0.2, 0) is 9.36 Å². The fourth-order valence-corrected chi connectivity index (χ4v) is 9.61. The van der Waals surface area contributed by atoms with Gasteiger partial charge in [-0.05, 0) is 23.4 Å². The lowest BCUT2D eigenvalue weighted by Crippen LogP contribution is -2.59. The molecular weight excluding hydrogens is 409 g/mol. The minimum Gasteiger partial charge on any atom is -0.322 e. The van der Waals surface area contributed by atoms with Crippen LogP contribution >= 0.6 is 23.1 Å². The average Bonchev–Trinajstić information content (AvgIpc) is 2.60. The number of amides is 1. The van der Waals surface area contributed by atoms with Crippen molar-refractivity contribution >= 4 is 45.4 Å². The normalized spacial score (nSPS) is 26.3. The van der Waals surface area contributed by atoms with Crippen LogP contribution in [0, 0.1) is 5.92 Å². The van der Waals surface area contributed by atoms with Crippen LogP contribution in [0.15, 0.2) is 40.9 Å². The van der Waals surface area contributed by atoms with Gasteiger partial charge >= 0.3 is 0 Å². The van der Waals surface area contributed by atoms with E-state index in [9.17, 15) is 9.36 Å². The fraction of sp³-hybridized carbons (Fsp3) is 0.476. The number of halogens is 1. The lowest BCUT2D eigenvalue weighted by atomic mass is 9.83. The molecule has 0 radical (unpaired) electrons. The summed E-state index contributed by atoms with van der Waals surface area (Å²) in [5.74, 6) is 0.251. The zero-order valence-electron chi connectivity index (χ0n) is 16.3. The Bertz CT molecular complexity index is 915. The van der Waals surface area contributed by atoms with Gasteiger partial charge in [-0.2, -0.15) is 0 Å². The lowest BCUT2D eigenvalue weighted by molar-refractivity contribution is -0.116. The van der Waals surface area contributed by atoms with E-state index >= 15 is 0 Å². The summed E-state index contributed by atoms with van der Waals surface area (Å²) < 4.78 is 14.8. The van der Waals surface area contributed by atoms with E-state index in [1.54, 1.807) is 11.9 Å². The van der Waals surface area contributed by atoms with Crippen LogP contribution in [0.1, 0.15) is 34.6 Å². The van der Waals surface area contributed by atoms with Crippen molar-refractivity contribution in [3.05, 3.63) is 40.9 Å². The SMILES string of the molecule is CC1C(C)(C)P(=O)(CC(=O)N(C)c2ccc(Br)c3ccccc23)C1(C)C. The Hall–Kier alpha value is -1.12. The molecule has 0 unspecified atom stereocenters. The monoisotopic (exact) mass is 435 g/mol. The van der Waals surface area contributed by atoms with Gasteiger partial charge in [0, 0.05) is 27.2 Å². The summed E-state index contributed by atoms with van der Waals surface area (Å²) in [6.07, 6.45) is 0.123. The number of nitrogens with zero attached hydrogens (tertiary/aromatic N) is 1. The van der Waals surface area contributed by atoms with Gasteiger partial charge in [0.15, 0.2) is 0 Å². The molecule has 0 bridgehead atoms. The molecule has 0 atom stereocenters. The molecule has 1 fully saturated rings. The summed E-state index contributed by atoms with van der Waals surface area (Å²) in [5, 5.41) is 1.48. The molecule has 0 aromatic heterocycles. The molecule has 1 heterocycles. The maximum Gasteiger partial charge on any atom is 0.234 e. The third-order valence-electron chi connectivity index (χ3n) is 6.92. The van der Waals surface area contributed by atoms with E-state index in [0.29, 0.717) is 5.92 Å². The van der Waals surface area contributed by atoms with E-state index in [1.165, 1.54) is 0 Å². The molecule has 1 aliphatic rings. The van der Waals surface area contributed by atoms with Crippen molar-refractivity contribution in [2.24, 2.45) is 5.92 Å². The number of fused-ring (bicyclic) bond motifs is 1. The fourth-order valence-electron chi connectivity index (χ4n) is 4.54. The number of rotatable bonds is 3. The molecule has 1 amide bonds. The number of hydrogen-bond donors (Lipinski definition) is 0. The molecule has 1 aliphatic heterocycles. The zero-order valence-corrected chi connectivity index (χ0v) is 18.8.